The second-order valence-corrected chi connectivity index (χ2v) is 5.62. The largest absolute Gasteiger partial charge is 0.338 e. The van der Waals surface area contributed by atoms with E-state index in [1.54, 1.807) is 0 Å². The number of carbonyl (C=O) groups excluding carboxylic acids is 1. The monoisotopic (exact) mass is 241 g/mol. The van der Waals surface area contributed by atoms with Crippen molar-refractivity contribution < 1.29 is 4.79 Å². The van der Waals surface area contributed by atoms with Crippen LogP contribution in [0.1, 0.15) is 34.1 Å². The number of hydrogen-bond acceptors (Lipinski definition) is 2. The number of piperidine rings is 1. The summed E-state index contributed by atoms with van der Waals surface area (Å²) in [7, 11) is 0. The molecular weight excluding hydrogens is 214 g/mol. The van der Waals surface area contributed by atoms with Crippen molar-refractivity contribution in [3.05, 3.63) is 0 Å². The molecule has 4 heteroatoms. The minimum atomic E-state index is -0.0306. The second-order valence-electron chi connectivity index (χ2n) is 5.62. The molecule has 0 aliphatic carbocycles. The lowest BCUT2D eigenvalue weighted by molar-refractivity contribution is 0.223. The highest BCUT2D eigenvalue weighted by atomic mass is 16.2. The van der Waals surface area contributed by atoms with Gasteiger partial charge in [0.1, 0.15) is 0 Å². The van der Waals surface area contributed by atoms with Gasteiger partial charge in [-0.3, -0.25) is 0 Å². The molecule has 1 aliphatic heterocycles. The molecule has 2 amide bonds. The van der Waals surface area contributed by atoms with Crippen LogP contribution in [0.5, 0.6) is 0 Å². The van der Waals surface area contributed by atoms with Gasteiger partial charge in [0.25, 0.3) is 0 Å². The summed E-state index contributed by atoms with van der Waals surface area (Å²) in [4.78, 5) is 11.7. The predicted octanol–water partition coefficient (Wildman–Crippen LogP) is 1.58. The highest BCUT2D eigenvalue weighted by Crippen LogP contribution is 2.17. The minimum absolute atomic E-state index is 0.0306. The third-order valence-electron chi connectivity index (χ3n) is 3.85. The van der Waals surface area contributed by atoms with E-state index >= 15 is 0 Å². The van der Waals surface area contributed by atoms with Crippen molar-refractivity contribution in [1.82, 2.24) is 16.0 Å². The summed E-state index contributed by atoms with van der Waals surface area (Å²) in [5.74, 6) is 1.72. The molecule has 1 fully saturated rings. The Bertz CT molecular complexity index is 243. The molecule has 0 radical (unpaired) electrons. The van der Waals surface area contributed by atoms with Gasteiger partial charge in [0.2, 0.25) is 0 Å². The maximum Gasteiger partial charge on any atom is 0.315 e. The van der Waals surface area contributed by atoms with Crippen LogP contribution in [0.15, 0.2) is 0 Å². The fourth-order valence-corrected chi connectivity index (χ4v) is 2.02. The summed E-state index contributed by atoms with van der Waals surface area (Å²) in [6.07, 6.45) is 1.15. The van der Waals surface area contributed by atoms with Crippen LogP contribution in [0.3, 0.4) is 0 Å². The van der Waals surface area contributed by atoms with Crippen LogP contribution in [0.2, 0.25) is 0 Å². The summed E-state index contributed by atoms with van der Waals surface area (Å²) in [6.45, 7) is 11.4. The van der Waals surface area contributed by atoms with Crippen molar-refractivity contribution >= 4 is 6.03 Å². The molecule has 3 atom stereocenters. The van der Waals surface area contributed by atoms with E-state index in [4.69, 9.17) is 0 Å². The van der Waals surface area contributed by atoms with E-state index in [1.165, 1.54) is 0 Å². The molecule has 0 aromatic carbocycles. The number of hydrogen-bond donors (Lipinski definition) is 3. The maximum absolute atomic E-state index is 11.7. The van der Waals surface area contributed by atoms with Gasteiger partial charge in [-0.25, -0.2) is 4.79 Å². The second kappa shape index (κ2) is 6.84. The van der Waals surface area contributed by atoms with Crippen LogP contribution in [0.25, 0.3) is 0 Å². The third kappa shape index (κ3) is 4.94. The number of rotatable bonds is 4. The van der Waals surface area contributed by atoms with Gasteiger partial charge >= 0.3 is 6.03 Å². The summed E-state index contributed by atoms with van der Waals surface area (Å²) in [5, 5.41) is 9.33. The quantitative estimate of drug-likeness (QED) is 0.700. The van der Waals surface area contributed by atoms with Crippen LogP contribution < -0.4 is 16.0 Å². The van der Waals surface area contributed by atoms with Gasteiger partial charge in [0.05, 0.1) is 0 Å². The Hall–Kier alpha value is -0.770. The topological polar surface area (TPSA) is 53.2 Å². The van der Waals surface area contributed by atoms with E-state index in [0.29, 0.717) is 17.8 Å². The molecule has 17 heavy (non-hydrogen) atoms. The molecule has 4 nitrogen and oxygen atoms in total. The van der Waals surface area contributed by atoms with Gasteiger partial charge in [-0.1, -0.05) is 20.8 Å². The van der Waals surface area contributed by atoms with Crippen LogP contribution in [0.4, 0.5) is 4.79 Å². The Labute approximate surface area is 105 Å². The Morgan fingerprint density at radius 1 is 1.41 bits per heavy atom. The lowest BCUT2D eigenvalue weighted by Gasteiger charge is -2.29. The van der Waals surface area contributed by atoms with E-state index in [9.17, 15) is 4.79 Å². The Morgan fingerprint density at radius 2 is 2.12 bits per heavy atom. The molecule has 0 spiro atoms. The molecule has 1 rings (SSSR count). The summed E-state index contributed by atoms with van der Waals surface area (Å²) >= 11 is 0. The fourth-order valence-electron chi connectivity index (χ4n) is 2.02. The molecule has 1 saturated heterocycles. The molecule has 1 aliphatic rings. The SMILES string of the molecule is CC(C)C(C)NC(=O)NCC1CCNCC1C. The van der Waals surface area contributed by atoms with Crippen molar-refractivity contribution in [2.24, 2.45) is 17.8 Å². The Balaban J connectivity index is 2.23. The van der Waals surface area contributed by atoms with E-state index < -0.39 is 0 Å². The summed E-state index contributed by atoms with van der Waals surface area (Å²) < 4.78 is 0. The summed E-state index contributed by atoms with van der Waals surface area (Å²) in [6, 6.07) is 0.192. The lowest BCUT2D eigenvalue weighted by atomic mass is 9.88. The van der Waals surface area contributed by atoms with Gasteiger partial charge in [-0.05, 0) is 44.2 Å². The molecule has 0 aromatic heterocycles. The fraction of sp³-hybridized carbons (Fsp3) is 0.923. The molecule has 0 bridgehead atoms. The van der Waals surface area contributed by atoms with Crippen LogP contribution >= 0.6 is 0 Å². The average molecular weight is 241 g/mol. The molecule has 3 N–H and O–H groups in total. The first-order valence-corrected chi connectivity index (χ1v) is 6.75. The lowest BCUT2D eigenvalue weighted by Crippen LogP contribution is -2.47. The Kier molecular flexibility index (Phi) is 5.75. The van der Waals surface area contributed by atoms with E-state index in [0.717, 1.165) is 26.1 Å². The number of nitrogens with one attached hydrogen (secondary N) is 3. The van der Waals surface area contributed by atoms with E-state index in [2.05, 4.69) is 36.7 Å². The highest BCUT2D eigenvalue weighted by Gasteiger charge is 2.21. The molecule has 0 aromatic rings. The maximum atomic E-state index is 11.7. The Morgan fingerprint density at radius 3 is 2.71 bits per heavy atom. The first kappa shape index (κ1) is 14.3. The van der Waals surface area contributed by atoms with Crippen molar-refractivity contribution in [3.63, 3.8) is 0 Å². The molecule has 100 valence electrons. The van der Waals surface area contributed by atoms with Gasteiger partial charge < -0.3 is 16.0 Å². The summed E-state index contributed by atoms with van der Waals surface area (Å²) in [5.41, 5.74) is 0. The van der Waals surface area contributed by atoms with Gasteiger partial charge in [-0.15, -0.1) is 0 Å². The first-order valence-electron chi connectivity index (χ1n) is 6.75. The third-order valence-corrected chi connectivity index (χ3v) is 3.85. The van der Waals surface area contributed by atoms with E-state index in [1.807, 2.05) is 6.92 Å². The van der Waals surface area contributed by atoms with Crippen LogP contribution in [-0.2, 0) is 0 Å². The number of urea groups is 1. The zero-order valence-electron chi connectivity index (χ0n) is 11.5. The molecule has 0 saturated carbocycles. The highest BCUT2D eigenvalue weighted by molar-refractivity contribution is 5.74. The van der Waals surface area contributed by atoms with Crippen molar-refractivity contribution in [2.75, 3.05) is 19.6 Å². The van der Waals surface area contributed by atoms with Crippen molar-refractivity contribution in [3.8, 4) is 0 Å². The standard InChI is InChI=1S/C13H27N3O/c1-9(2)11(4)16-13(17)15-8-12-5-6-14-7-10(12)3/h9-12,14H,5-8H2,1-4H3,(H2,15,16,17). The van der Waals surface area contributed by atoms with Crippen molar-refractivity contribution in [2.45, 2.75) is 40.2 Å². The van der Waals surface area contributed by atoms with Crippen LogP contribution in [-0.4, -0.2) is 31.7 Å². The van der Waals surface area contributed by atoms with E-state index in [-0.39, 0.29) is 12.1 Å². The zero-order valence-corrected chi connectivity index (χ0v) is 11.5. The average Bonchev–Trinajstić information content (AvgIpc) is 2.27. The smallest absolute Gasteiger partial charge is 0.315 e. The number of carbonyl (C=O) groups is 1. The first-order chi connectivity index (χ1) is 8.00. The van der Waals surface area contributed by atoms with Gasteiger partial charge in [0, 0.05) is 12.6 Å². The molecular formula is C13H27N3O. The van der Waals surface area contributed by atoms with Crippen molar-refractivity contribution in [1.29, 1.82) is 0 Å². The molecule has 1 heterocycles. The zero-order chi connectivity index (χ0) is 12.8. The minimum Gasteiger partial charge on any atom is -0.338 e. The normalized spacial score (nSPS) is 26.6. The number of amides is 2. The van der Waals surface area contributed by atoms with Gasteiger partial charge in [-0.2, -0.15) is 0 Å². The van der Waals surface area contributed by atoms with Crippen LogP contribution in [0, 0.1) is 17.8 Å². The predicted molar refractivity (Wildman–Crippen MR) is 71.0 cm³/mol. The molecule has 3 unspecified atom stereocenters. The van der Waals surface area contributed by atoms with Gasteiger partial charge in [0.15, 0.2) is 0 Å².